The van der Waals surface area contributed by atoms with Crippen molar-refractivity contribution in [3.05, 3.63) is 41.4 Å². The van der Waals surface area contributed by atoms with Crippen LogP contribution in [0.5, 0.6) is 5.75 Å². The van der Waals surface area contributed by atoms with Crippen molar-refractivity contribution in [3.8, 4) is 5.75 Å². The molecule has 0 aliphatic carbocycles. The van der Waals surface area contributed by atoms with Crippen LogP contribution >= 0.6 is 11.3 Å². The number of carbonyl (C=O) groups is 1. The number of carbonyl (C=O) groups excluding carboxylic acids is 1. The van der Waals surface area contributed by atoms with Gasteiger partial charge >= 0.3 is 0 Å². The second-order valence-electron chi connectivity index (χ2n) is 5.46. The van der Waals surface area contributed by atoms with Gasteiger partial charge in [-0.05, 0) is 19.1 Å². The lowest BCUT2D eigenvalue weighted by Gasteiger charge is -2.36. The molecule has 1 aliphatic rings. The van der Waals surface area contributed by atoms with Gasteiger partial charge in [-0.3, -0.25) is 4.79 Å². The molecule has 0 amide bonds. The summed E-state index contributed by atoms with van der Waals surface area (Å²) in [4.78, 5) is 21.3. The summed E-state index contributed by atoms with van der Waals surface area (Å²) in [6.07, 6.45) is 0. The summed E-state index contributed by atoms with van der Waals surface area (Å²) in [5.41, 5.74) is 1.90. The highest BCUT2D eigenvalue weighted by Gasteiger charge is 2.23. The molecule has 0 unspecified atom stereocenters. The van der Waals surface area contributed by atoms with Gasteiger partial charge in [-0.15, -0.1) is 0 Å². The molecule has 0 bridgehead atoms. The van der Waals surface area contributed by atoms with Gasteiger partial charge in [0.25, 0.3) is 0 Å². The van der Waals surface area contributed by atoms with Crippen LogP contribution in [0.2, 0.25) is 0 Å². The molecular formula is C17H20N3O2S. The van der Waals surface area contributed by atoms with E-state index in [1.807, 2.05) is 25.1 Å². The van der Waals surface area contributed by atoms with Crippen molar-refractivity contribution in [2.75, 3.05) is 36.5 Å². The zero-order valence-corrected chi connectivity index (χ0v) is 14.4. The first-order chi connectivity index (χ1) is 11.1. The molecule has 1 saturated heterocycles. The van der Waals surface area contributed by atoms with Gasteiger partial charge in [-0.25, -0.2) is 4.98 Å². The molecule has 1 aromatic heterocycles. The number of hydrogen-bond acceptors (Lipinski definition) is 6. The van der Waals surface area contributed by atoms with Gasteiger partial charge in [0, 0.05) is 26.6 Å². The van der Waals surface area contributed by atoms with E-state index in [0.29, 0.717) is 0 Å². The number of hydrogen-bond donors (Lipinski definition) is 0. The number of aromatic nitrogens is 1. The molecule has 0 N–H and O–H groups in total. The highest BCUT2D eigenvalue weighted by Crippen LogP contribution is 2.32. The minimum atomic E-state index is 0.0860. The lowest BCUT2D eigenvalue weighted by atomic mass is 10.2. The number of rotatable bonds is 4. The lowest BCUT2D eigenvalue weighted by Crippen LogP contribution is -2.43. The van der Waals surface area contributed by atoms with E-state index in [0.717, 1.165) is 46.8 Å². The van der Waals surface area contributed by atoms with E-state index >= 15 is 0 Å². The quantitative estimate of drug-likeness (QED) is 0.806. The molecule has 2 heterocycles. The van der Waals surface area contributed by atoms with Crippen molar-refractivity contribution < 1.29 is 9.53 Å². The van der Waals surface area contributed by atoms with Crippen LogP contribution in [0, 0.1) is 13.5 Å². The molecule has 3 rings (SSSR count). The predicted molar refractivity (Wildman–Crippen MR) is 93.7 cm³/mol. The number of ether oxygens (including phenoxy) is 1. The van der Waals surface area contributed by atoms with E-state index < -0.39 is 0 Å². The molecule has 1 radical (unpaired) electrons. The summed E-state index contributed by atoms with van der Waals surface area (Å²) in [7, 11) is 1.69. The summed E-state index contributed by atoms with van der Waals surface area (Å²) in [6, 6.07) is 8.02. The number of methoxy groups -OCH3 is 1. The lowest BCUT2D eigenvalue weighted by molar-refractivity contribution is 0.102. The topological polar surface area (TPSA) is 45.7 Å². The fraction of sp³-hybridized carbons (Fsp3) is 0.353. The number of para-hydroxylation sites is 2. The highest BCUT2D eigenvalue weighted by molar-refractivity contribution is 7.17. The van der Waals surface area contributed by atoms with Crippen LogP contribution in [0.15, 0.2) is 24.3 Å². The fourth-order valence-electron chi connectivity index (χ4n) is 2.71. The number of ketones is 1. The molecule has 6 heteroatoms. The van der Waals surface area contributed by atoms with Gasteiger partial charge in [0.2, 0.25) is 0 Å². The third kappa shape index (κ3) is 3.17. The molecule has 121 valence electrons. The van der Waals surface area contributed by atoms with Crippen LogP contribution in [-0.2, 0) is 0 Å². The Hall–Kier alpha value is -2.08. The van der Waals surface area contributed by atoms with Crippen LogP contribution in [0.3, 0.4) is 0 Å². The van der Waals surface area contributed by atoms with Gasteiger partial charge in [0.1, 0.15) is 5.75 Å². The Kier molecular flexibility index (Phi) is 4.52. The molecule has 0 spiro atoms. The van der Waals surface area contributed by atoms with Gasteiger partial charge in [0.05, 0.1) is 29.9 Å². The second-order valence-corrected chi connectivity index (χ2v) is 6.44. The van der Waals surface area contributed by atoms with Crippen molar-refractivity contribution in [2.45, 2.75) is 13.8 Å². The van der Waals surface area contributed by atoms with E-state index in [-0.39, 0.29) is 5.78 Å². The summed E-state index contributed by atoms with van der Waals surface area (Å²) >= 11 is 1.48. The number of aryl methyl sites for hydroxylation is 1. The minimum Gasteiger partial charge on any atom is -0.495 e. The Morgan fingerprint density at radius 1 is 1.30 bits per heavy atom. The van der Waals surface area contributed by atoms with Crippen molar-refractivity contribution in [1.29, 1.82) is 0 Å². The first-order valence-corrected chi connectivity index (χ1v) is 8.38. The normalized spacial score (nSPS) is 14.9. The predicted octanol–water partition coefficient (Wildman–Crippen LogP) is 3.15. The second kappa shape index (κ2) is 6.58. The van der Waals surface area contributed by atoms with Crippen LogP contribution in [0.1, 0.15) is 22.3 Å². The number of nitrogens with zero attached hydrogens (tertiary/aromatic N) is 3. The first kappa shape index (κ1) is 15.8. The number of piperazine rings is 1. The number of anilines is 2. The molecule has 1 aliphatic heterocycles. The Morgan fingerprint density at radius 3 is 2.70 bits per heavy atom. The highest BCUT2D eigenvalue weighted by atomic mass is 32.1. The van der Waals surface area contributed by atoms with Crippen molar-refractivity contribution in [1.82, 2.24) is 4.98 Å². The van der Waals surface area contributed by atoms with E-state index in [2.05, 4.69) is 27.4 Å². The third-order valence-electron chi connectivity index (χ3n) is 3.90. The zero-order valence-electron chi connectivity index (χ0n) is 13.6. The van der Waals surface area contributed by atoms with Gasteiger partial charge in [0.15, 0.2) is 10.9 Å². The van der Waals surface area contributed by atoms with Crippen LogP contribution in [-0.4, -0.2) is 37.5 Å². The van der Waals surface area contributed by atoms with E-state index in [9.17, 15) is 4.79 Å². The molecular weight excluding hydrogens is 310 g/mol. The Morgan fingerprint density at radius 2 is 2.09 bits per heavy atom. The van der Waals surface area contributed by atoms with Gasteiger partial charge < -0.3 is 14.5 Å². The summed E-state index contributed by atoms with van der Waals surface area (Å²) in [5, 5.41) is 0.920. The minimum absolute atomic E-state index is 0.0860. The van der Waals surface area contributed by atoms with Gasteiger partial charge in [-0.1, -0.05) is 23.5 Å². The fourth-order valence-corrected chi connectivity index (χ4v) is 3.71. The molecule has 5 nitrogen and oxygen atoms in total. The number of thiazole rings is 1. The monoisotopic (exact) mass is 330 g/mol. The molecule has 0 saturated carbocycles. The number of Topliss-reactive ketones (excluding diaryl/α,β-unsaturated/α-hetero) is 1. The SMILES string of the molecule is COc1ccccc1N1[CH]CN(c2nc(C)c(C(C)=O)s2)CC1. The Balaban J connectivity index is 1.71. The maximum absolute atomic E-state index is 11.6. The molecule has 1 fully saturated rings. The van der Waals surface area contributed by atoms with E-state index in [1.165, 1.54) is 11.3 Å². The van der Waals surface area contributed by atoms with Gasteiger partial charge in [-0.2, -0.15) is 0 Å². The average molecular weight is 330 g/mol. The maximum Gasteiger partial charge on any atom is 0.186 e. The summed E-state index contributed by atoms with van der Waals surface area (Å²) in [5.74, 6) is 0.962. The van der Waals surface area contributed by atoms with Crippen molar-refractivity contribution in [3.63, 3.8) is 0 Å². The van der Waals surface area contributed by atoms with E-state index in [4.69, 9.17) is 4.74 Å². The smallest absolute Gasteiger partial charge is 0.186 e. The van der Waals surface area contributed by atoms with Crippen molar-refractivity contribution >= 4 is 27.9 Å². The van der Waals surface area contributed by atoms with E-state index in [1.54, 1.807) is 14.0 Å². The van der Waals surface area contributed by atoms with Crippen LogP contribution in [0.25, 0.3) is 0 Å². The third-order valence-corrected chi connectivity index (χ3v) is 5.22. The summed E-state index contributed by atoms with van der Waals surface area (Å²) < 4.78 is 5.43. The molecule has 1 aromatic carbocycles. The Bertz CT molecular complexity index is 706. The zero-order chi connectivity index (χ0) is 16.4. The largest absolute Gasteiger partial charge is 0.495 e. The Labute approximate surface area is 140 Å². The first-order valence-electron chi connectivity index (χ1n) is 7.56. The standard InChI is InChI=1S/C17H20N3O2S/c1-12-16(13(2)21)23-17(18-12)20-10-8-19(9-11-20)14-6-4-5-7-15(14)22-3/h4-8H,9-11H2,1-3H3. The molecule has 2 aromatic rings. The summed E-state index contributed by atoms with van der Waals surface area (Å²) in [6.45, 7) is 8.11. The molecule has 23 heavy (non-hydrogen) atoms. The molecule has 0 atom stereocenters. The van der Waals surface area contributed by atoms with Crippen LogP contribution in [0.4, 0.5) is 10.8 Å². The maximum atomic E-state index is 11.6. The van der Waals surface area contributed by atoms with Crippen LogP contribution < -0.4 is 14.5 Å². The number of benzene rings is 1. The average Bonchev–Trinajstić information content (AvgIpc) is 2.97. The van der Waals surface area contributed by atoms with Crippen molar-refractivity contribution in [2.24, 2.45) is 0 Å².